The van der Waals surface area contributed by atoms with Crippen LogP contribution in [0.5, 0.6) is 0 Å². The third-order valence-electron chi connectivity index (χ3n) is 4.88. The van der Waals surface area contributed by atoms with Crippen molar-refractivity contribution in [3.63, 3.8) is 0 Å². The molecule has 0 unspecified atom stereocenters. The lowest BCUT2D eigenvalue weighted by Gasteiger charge is -2.20. The van der Waals surface area contributed by atoms with E-state index >= 15 is 0 Å². The van der Waals surface area contributed by atoms with E-state index in [9.17, 15) is 0 Å². The fourth-order valence-electron chi connectivity index (χ4n) is 3.35. The van der Waals surface area contributed by atoms with Crippen molar-refractivity contribution in [3.8, 4) is 22.6 Å². The molecule has 0 spiro atoms. The van der Waals surface area contributed by atoms with E-state index in [0.29, 0.717) is 0 Å². The molecule has 0 amide bonds. The number of rotatable bonds is 1. The van der Waals surface area contributed by atoms with Gasteiger partial charge in [0, 0.05) is 17.2 Å². The van der Waals surface area contributed by atoms with Gasteiger partial charge in [-0.25, -0.2) is 4.58 Å². The highest BCUT2D eigenvalue weighted by Crippen LogP contribution is 2.30. The van der Waals surface area contributed by atoms with E-state index in [0.717, 1.165) is 43.3 Å². The Balaban J connectivity index is 1.84. The van der Waals surface area contributed by atoms with Gasteiger partial charge in [-0.2, -0.15) is 0 Å². The molecule has 3 aliphatic rings. The second-order valence-electron chi connectivity index (χ2n) is 6.63. The van der Waals surface area contributed by atoms with Crippen molar-refractivity contribution >= 4 is 0 Å². The van der Waals surface area contributed by atoms with Crippen LogP contribution in [-0.4, -0.2) is 38.1 Å². The summed E-state index contributed by atoms with van der Waals surface area (Å²) in [5.41, 5.74) is 3.56. The molecule has 0 atom stereocenters. The molecule has 0 saturated carbocycles. The Kier molecular flexibility index (Phi) is 3.95. The standard InChI is InChI=1S/C21H23N2O/c1-16-14-20(17-6-4-3-5-7-17)24-21-15-18(8-9-19(16)21)23-12-10-22(2)11-13-23/h3-9,14-15H,10-13H2,1-2H3/q+1. The third kappa shape index (κ3) is 2.87. The minimum absolute atomic E-state index is 0.927. The van der Waals surface area contributed by atoms with Gasteiger partial charge in [-0.3, -0.25) is 4.90 Å². The molecule has 0 radical (unpaired) electrons. The maximum Gasteiger partial charge on any atom is 0.203 e. The minimum Gasteiger partial charge on any atom is -0.456 e. The van der Waals surface area contributed by atoms with E-state index in [1.54, 1.807) is 0 Å². The Labute approximate surface area is 142 Å². The summed E-state index contributed by atoms with van der Waals surface area (Å²) in [7, 11) is 2.18. The Hall–Kier alpha value is -2.39. The maximum absolute atomic E-state index is 6.24. The summed E-state index contributed by atoms with van der Waals surface area (Å²) >= 11 is 0. The Morgan fingerprint density at radius 3 is 2.42 bits per heavy atom. The van der Waals surface area contributed by atoms with Crippen molar-refractivity contribution in [2.24, 2.45) is 0 Å². The van der Waals surface area contributed by atoms with Gasteiger partial charge in [-0.15, -0.1) is 0 Å². The maximum atomic E-state index is 6.24. The van der Waals surface area contributed by atoms with Crippen molar-refractivity contribution in [2.75, 3.05) is 33.2 Å². The monoisotopic (exact) mass is 319 g/mol. The van der Waals surface area contributed by atoms with Crippen LogP contribution in [0.3, 0.4) is 0 Å². The molecule has 24 heavy (non-hydrogen) atoms. The first-order chi connectivity index (χ1) is 11.7. The summed E-state index contributed by atoms with van der Waals surface area (Å²) < 4.78 is 8.69. The average molecular weight is 319 g/mol. The Morgan fingerprint density at radius 2 is 1.67 bits per heavy atom. The van der Waals surface area contributed by atoms with Crippen LogP contribution in [0.1, 0.15) is 5.56 Å². The van der Waals surface area contributed by atoms with E-state index in [-0.39, 0.29) is 0 Å². The van der Waals surface area contributed by atoms with Crippen molar-refractivity contribution in [3.05, 3.63) is 65.5 Å². The smallest absolute Gasteiger partial charge is 0.203 e. The normalized spacial score (nSPS) is 15.8. The molecule has 0 aromatic heterocycles. The molecule has 122 valence electrons. The second-order valence-corrected chi connectivity index (χ2v) is 6.63. The molecule has 1 aromatic carbocycles. The van der Waals surface area contributed by atoms with Gasteiger partial charge >= 0.3 is 0 Å². The highest BCUT2D eigenvalue weighted by atomic mass is 16.3. The predicted octanol–water partition coefficient (Wildman–Crippen LogP) is 3.08. The zero-order valence-corrected chi connectivity index (χ0v) is 14.3. The molecule has 3 heteroatoms. The van der Waals surface area contributed by atoms with Crippen LogP contribution in [0.25, 0.3) is 22.6 Å². The van der Waals surface area contributed by atoms with Gasteiger partial charge in [0.25, 0.3) is 0 Å². The van der Waals surface area contributed by atoms with Gasteiger partial charge in [0.15, 0.2) is 13.1 Å². The van der Waals surface area contributed by atoms with Crippen molar-refractivity contribution < 1.29 is 4.42 Å². The lowest BCUT2D eigenvalue weighted by atomic mass is 10.0. The highest BCUT2D eigenvalue weighted by Gasteiger charge is 2.18. The first-order valence-corrected chi connectivity index (χ1v) is 8.57. The molecule has 0 N–H and O–H groups in total. The van der Waals surface area contributed by atoms with Crippen molar-refractivity contribution in [1.82, 2.24) is 9.48 Å². The van der Waals surface area contributed by atoms with E-state index in [1.807, 2.05) is 18.2 Å². The molecular formula is C21H23N2O+. The minimum atomic E-state index is 0.927. The first kappa shape index (κ1) is 15.2. The average Bonchev–Trinajstić information content (AvgIpc) is 2.62. The van der Waals surface area contributed by atoms with E-state index in [4.69, 9.17) is 4.42 Å². The molecule has 1 aromatic rings. The van der Waals surface area contributed by atoms with Crippen molar-refractivity contribution in [2.45, 2.75) is 6.92 Å². The van der Waals surface area contributed by atoms with Crippen LogP contribution in [0, 0.1) is 6.92 Å². The summed E-state index contributed by atoms with van der Waals surface area (Å²) in [6.45, 7) is 6.51. The number of fused-ring (bicyclic) bond motifs is 1. The zero-order chi connectivity index (χ0) is 16.5. The van der Waals surface area contributed by atoms with Crippen LogP contribution in [0.2, 0.25) is 0 Å². The molecule has 2 heterocycles. The van der Waals surface area contributed by atoms with Crippen LogP contribution in [-0.2, 0) is 0 Å². The highest BCUT2D eigenvalue weighted by molar-refractivity contribution is 5.68. The fourth-order valence-corrected chi connectivity index (χ4v) is 3.35. The molecule has 0 bridgehead atoms. The number of benzene rings is 2. The number of aryl methyl sites for hydroxylation is 1. The van der Waals surface area contributed by atoms with Gasteiger partial charge in [-0.05, 0) is 31.7 Å². The van der Waals surface area contributed by atoms with Gasteiger partial charge in [0.2, 0.25) is 5.36 Å². The van der Waals surface area contributed by atoms with E-state index in [2.05, 4.69) is 59.8 Å². The van der Waals surface area contributed by atoms with Crippen LogP contribution in [0.4, 0.5) is 0 Å². The third-order valence-corrected chi connectivity index (χ3v) is 4.88. The van der Waals surface area contributed by atoms with Crippen LogP contribution >= 0.6 is 0 Å². The van der Waals surface area contributed by atoms with E-state index in [1.165, 1.54) is 16.5 Å². The van der Waals surface area contributed by atoms with Gasteiger partial charge in [-0.1, -0.05) is 30.3 Å². The number of likely N-dealkylation sites (N-methyl/N-ethyl adjacent to an activating group) is 1. The number of hydrogen-bond donors (Lipinski definition) is 0. The molecule has 1 aliphatic carbocycles. The predicted molar refractivity (Wildman–Crippen MR) is 98.0 cm³/mol. The molecule has 3 nitrogen and oxygen atoms in total. The SMILES string of the molecule is Cc1cc(-c2ccccc2)oc2cc(=[N+]3CCN(C)CC3)ccc1-2. The molecule has 4 rings (SSSR count). The summed E-state index contributed by atoms with van der Waals surface area (Å²) in [5, 5.41) is 1.25. The number of nitrogens with zero attached hydrogens (tertiary/aromatic N) is 2. The Morgan fingerprint density at radius 1 is 0.917 bits per heavy atom. The lowest BCUT2D eigenvalue weighted by Crippen LogP contribution is -2.46. The molecule has 2 aliphatic heterocycles. The lowest BCUT2D eigenvalue weighted by molar-refractivity contribution is 0.267. The number of piperazine rings is 1. The van der Waals surface area contributed by atoms with Crippen LogP contribution < -0.4 is 9.93 Å². The largest absolute Gasteiger partial charge is 0.456 e. The molecule has 1 saturated heterocycles. The fraction of sp³-hybridized carbons (Fsp3) is 0.286. The van der Waals surface area contributed by atoms with Gasteiger partial charge in [0.1, 0.15) is 11.5 Å². The van der Waals surface area contributed by atoms with E-state index < -0.39 is 0 Å². The summed E-state index contributed by atoms with van der Waals surface area (Å²) in [4.78, 5) is 2.37. The first-order valence-electron chi connectivity index (χ1n) is 8.57. The summed E-state index contributed by atoms with van der Waals surface area (Å²) in [6.07, 6.45) is 0. The quantitative estimate of drug-likeness (QED) is 0.642. The summed E-state index contributed by atoms with van der Waals surface area (Å²) in [6, 6.07) is 19.0. The summed E-state index contributed by atoms with van der Waals surface area (Å²) in [5.74, 6) is 1.89. The second kappa shape index (κ2) is 6.25. The molecule has 1 fully saturated rings. The molecular weight excluding hydrogens is 296 g/mol. The zero-order valence-electron chi connectivity index (χ0n) is 14.3. The topological polar surface area (TPSA) is 19.4 Å². The van der Waals surface area contributed by atoms with Gasteiger partial charge < -0.3 is 4.42 Å². The van der Waals surface area contributed by atoms with Crippen molar-refractivity contribution in [1.29, 1.82) is 0 Å². The Bertz CT molecular complexity index is 885. The van der Waals surface area contributed by atoms with Gasteiger partial charge in [0.05, 0.1) is 19.2 Å². The van der Waals surface area contributed by atoms with Crippen LogP contribution in [0.15, 0.2) is 59.0 Å². The number of hydrogen-bond acceptors (Lipinski definition) is 2.